The van der Waals surface area contributed by atoms with Crippen molar-refractivity contribution >= 4 is 15.9 Å². The average Bonchev–Trinajstić information content (AvgIpc) is 2.08. The van der Waals surface area contributed by atoms with Crippen LogP contribution < -0.4 is 5.73 Å². The van der Waals surface area contributed by atoms with Gasteiger partial charge in [-0.15, -0.1) is 6.58 Å². The lowest BCUT2D eigenvalue weighted by Gasteiger charge is -2.12. The van der Waals surface area contributed by atoms with Gasteiger partial charge in [0.2, 0.25) is 0 Å². The van der Waals surface area contributed by atoms with Crippen molar-refractivity contribution in [3.05, 3.63) is 46.2 Å². The minimum atomic E-state index is -0.267. The van der Waals surface area contributed by atoms with E-state index in [1.807, 2.05) is 6.92 Å². The summed E-state index contributed by atoms with van der Waals surface area (Å²) in [5, 5.41) is 0. The van der Waals surface area contributed by atoms with Gasteiger partial charge in [-0.2, -0.15) is 0 Å². The minimum absolute atomic E-state index is 0.107. The van der Waals surface area contributed by atoms with Crippen LogP contribution in [0.5, 0.6) is 0 Å². The van der Waals surface area contributed by atoms with Gasteiger partial charge >= 0.3 is 0 Å². The van der Waals surface area contributed by atoms with Gasteiger partial charge < -0.3 is 5.73 Å². The Balaban J connectivity index is 2.85. The lowest BCUT2D eigenvalue weighted by atomic mass is 10.0. The number of nitrogens with two attached hydrogens (primary N) is 1. The molecule has 0 saturated carbocycles. The average molecular weight is 258 g/mol. The molecule has 0 aliphatic heterocycles. The van der Waals surface area contributed by atoms with Gasteiger partial charge in [0.15, 0.2) is 0 Å². The van der Waals surface area contributed by atoms with Crippen molar-refractivity contribution in [3.8, 4) is 0 Å². The lowest BCUT2D eigenvalue weighted by molar-refractivity contribution is 0.617. The maximum absolute atomic E-state index is 12.9. The molecule has 1 aromatic rings. The molecular formula is C11H13BrFN. The van der Waals surface area contributed by atoms with Gasteiger partial charge in [-0.3, -0.25) is 0 Å². The summed E-state index contributed by atoms with van der Waals surface area (Å²) in [6, 6.07) is 4.72. The Bertz CT molecular complexity index is 349. The van der Waals surface area contributed by atoms with Crippen LogP contribution in [0, 0.1) is 5.82 Å². The first-order valence-corrected chi connectivity index (χ1v) is 5.15. The van der Waals surface area contributed by atoms with Crippen molar-refractivity contribution in [2.45, 2.75) is 19.4 Å². The van der Waals surface area contributed by atoms with Crippen LogP contribution in [0.1, 0.15) is 24.9 Å². The SMILES string of the molecule is C=C(C)CC(N)c1ccc(F)c(Br)c1. The molecule has 1 unspecified atom stereocenters. The Hall–Kier alpha value is -0.670. The van der Waals surface area contributed by atoms with Gasteiger partial charge in [-0.1, -0.05) is 11.6 Å². The highest BCUT2D eigenvalue weighted by Crippen LogP contribution is 2.23. The highest BCUT2D eigenvalue weighted by atomic mass is 79.9. The van der Waals surface area contributed by atoms with Crippen molar-refractivity contribution in [1.82, 2.24) is 0 Å². The van der Waals surface area contributed by atoms with E-state index in [-0.39, 0.29) is 11.9 Å². The zero-order valence-corrected chi connectivity index (χ0v) is 9.64. The van der Waals surface area contributed by atoms with Crippen LogP contribution in [0.3, 0.4) is 0 Å². The summed E-state index contributed by atoms with van der Waals surface area (Å²) >= 11 is 3.13. The summed E-state index contributed by atoms with van der Waals surface area (Å²) < 4.78 is 13.4. The fourth-order valence-electron chi connectivity index (χ4n) is 1.24. The van der Waals surface area contributed by atoms with E-state index >= 15 is 0 Å². The fraction of sp³-hybridized carbons (Fsp3) is 0.273. The summed E-state index contributed by atoms with van der Waals surface area (Å²) in [5.74, 6) is -0.267. The molecule has 0 spiro atoms. The van der Waals surface area contributed by atoms with Crippen LogP contribution >= 0.6 is 15.9 Å². The zero-order valence-electron chi connectivity index (χ0n) is 8.06. The second kappa shape index (κ2) is 4.71. The standard InChI is InChI=1S/C11H13BrFN/c1-7(2)5-11(14)8-3-4-10(13)9(12)6-8/h3-4,6,11H,1,5,14H2,2H3. The molecule has 0 aromatic heterocycles. The highest BCUT2D eigenvalue weighted by Gasteiger charge is 2.08. The Kier molecular flexibility index (Phi) is 3.84. The number of hydrogen-bond acceptors (Lipinski definition) is 1. The smallest absolute Gasteiger partial charge is 0.137 e. The molecule has 0 heterocycles. The summed E-state index contributed by atoms with van der Waals surface area (Å²) in [6.07, 6.45) is 0.720. The molecule has 14 heavy (non-hydrogen) atoms. The third-order valence-corrected chi connectivity index (χ3v) is 2.55. The molecule has 1 atom stereocenters. The topological polar surface area (TPSA) is 26.0 Å². The van der Waals surface area contributed by atoms with E-state index in [2.05, 4.69) is 22.5 Å². The predicted molar refractivity (Wildman–Crippen MR) is 60.5 cm³/mol. The van der Waals surface area contributed by atoms with Crippen molar-refractivity contribution in [3.63, 3.8) is 0 Å². The summed E-state index contributed by atoms with van der Waals surface area (Å²) in [7, 11) is 0. The first kappa shape index (κ1) is 11.4. The van der Waals surface area contributed by atoms with Crippen LogP contribution in [0.15, 0.2) is 34.8 Å². The Labute approximate surface area is 91.9 Å². The first-order chi connectivity index (χ1) is 6.50. The zero-order chi connectivity index (χ0) is 10.7. The van der Waals surface area contributed by atoms with E-state index in [1.54, 1.807) is 12.1 Å². The molecule has 1 nitrogen and oxygen atoms in total. The third-order valence-electron chi connectivity index (χ3n) is 1.94. The van der Waals surface area contributed by atoms with Gasteiger partial charge in [0.1, 0.15) is 5.82 Å². The lowest BCUT2D eigenvalue weighted by Crippen LogP contribution is -2.10. The molecule has 3 heteroatoms. The summed E-state index contributed by atoms with van der Waals surface area (Å²) in [6.45, 7) is 5.72. The number of hydrogen-bond donors (Lipinski definition) is 1. The van der Waals surface area contributed by atoms with Crippen LogP contribution in [0.4, 0.5) is 4.39 Å². The molecule has 0 saturated heterocycles. The van der Waals surface area contributed by atoms with Crippen LogP contribution in [-0.2, 0) is 0 Å². The summed E-state index contributed by atoms with van der Waals surface area (Å²) in [4.78, 5) is 0. The molecule has 0 aliphatic rings. The van der Waals surface area contributed by atoms with Crippen LogP contribution in [0.2, 0.25) is 0 Å². The Morgan fingerprint density at radius 3 is 2.79 bits per heavy atom. The normalized spacial score (nSPS) is 12.6. The van der Waals surface area contributed by atoms with Crippen molar-refractivity contribution < 1.29 is 4.39 Å². The third kappa shape index (κ3) is 2.93. The number of rotatable bonds is 3. The van der Waals surface area contributed by atoms with Crippen LogP contribution in [0.25, 0.3) is 0 Å². The molecule has 1 aromatic carbocycles. The summed E-state index contributed by atoms with van der Waals surface area (Å²) in [5.41, 5.74) is 7.85. The van der Waals surface area contributed by atoms with Gasteiger partial charge in [0.05, 0.1) is 4.47 Å². The van der Waals surface area contributed by atoms with E-state index in [4.69, 9.17) is 5.73 Å². The molecular weight excluding hydrogens is 245 g/mol. The van der Waals surface area contributed by atoms with Crippen LogP contribution in [-0.4, -0.2) is 0 Å². The number of halogens is 2. The predicted octanol–water partition coefficient (Wildman–Crippen LogP) is 3.55. The molecule has 0 fully saturated rings. The maximum atomic E-state index is 12.9. The molecule has 0 bridgehead atoms. The van der Waals surface area contributed by atoms with Gasteiger partial charge in [0, 0.05) is 6.04 Å². The van der Waals surface area contributed by atoms with Gasteiger partial charge in [0.25, 0.3) is 0 Å². The second-order valence-corrected chi connectivity index (χ2v) is 4.30. The van der Waals surface area contributed by atoms with Gasteiger partial charge in [-0.25, -0.2) is 4.39 Å². The Morgan fingerprint density at radius 2 is 2.29 bits per heavy atom. The molecule has 0 radical (unpaired) electrons. The van der Waals surface area contributed by atoms with E-state index < -0.39 is 0 Å². The highest BCUT2D eigenvalue weighted by molar-refractivity contribution is 9.10. The van der Waals surface area contributed by atoms with E-state index in [9.17, 15) is 4.39 Å². The van der Waals surface area contributed by atoms with E-state index in [0.717, 1.165) is 17.6 Å². The fourth-order valence-corrected chi connectivity index (χ4v) is 1.63. The molecule has 1 rings (SSSR count). The molecule has 0 aliphatic carbocycles. The molecule has 2 N–H and O–H groups in total. The van der Waals surface area contributed by atoms with Crippen molar-refractivity contribution in [1.29, 1.82) is 0 Å². The largest absolute Gasteiger partial charge is 0.324 e. The van der Waals surface area contributed by atoms with Crippen molar-refractivity contribution in [2.24, 2.45) is 5.73 Å². The van der Waals surface area contributed by atoms with E-state index in [0.29, 0.717) is 4.47 Å². The quantitative estimate of drug-likeness (QED) is 0.824. The Morgan fingerprint density at radius 1 is 1.64 bits per heavy atom. The van der Waals surface area contributed by atoms with Gasteiger partial charge in [-0.05, 0) is 47.0 Å². The second-order valence-electron chi connectivity index (χ2n) is 3.44. The molecule has 0 amide bonds. The van der Waals surface area contributed by atoms with E-state index in [1.165, 1.54) is 6.07 Å². The monoisotopic (exact) mass is 257 g/mol. The maximum Gasteiger partial charge on any atom is 0.137 e. The first-order valence-electron chi connectivity index (χ1n) is 4.35. The number of benzene rings is 1. The minimum Gasteiger partial charge on any atom is -0.324 e. The molecule has 76 valence electrons. The van der Waals surface area contributed by atoms with Crippen molar-refractivity contribution in [2.75, 3.05) is 0 Å².